The molecule has 2 N–H and O–H groups in total. The highest BCUT2D eigenvalue weighted by molar-refractivity contribution is 7.80. The third kappa shape index (κ3) is 4.96. The van der Waals surface area contributed by atoms with E-state index in [-0.39, 0.29) is 6.04 Å². The Morgan fingerprint density at radius 1 is 1.13 bits per heavy atom. The fourth-order valence-corrected chi connectivity index (χ4v) is 2.62. The summed E-state index contributed by atoms with van der Waals surface area (Å²) in [6.07, 6.45) is 0. The maximum atomic E-state index is 5.47. The lowest BCUT2D eigenvalue weighted by molar-refractivity contribution is 0.340. The number of nitrogens with one attached hydrogen (secondary N) is 2. The normalized spacial score (nSPS) is 11.7. The van der Waals surface area contributed by atoms with Crippen LogP contribution in [0.4, 0.5) is 5.69 Å². The fraction of sp³-hybridized carbons (Fsp3) is 0.316. The van der Waals surface area contributed by atoms with E-state index in [0.29, 0.717) is 11.7 Å². The average Bonchev–Trinajstić information content (AvgIpc) is 2.52. The molecular formula is C19H24N2OS. The monoisotopic (exact) mass is 328 g/mol. The van der Waals surface area contributed by atoms with E-state index < -0.39 is 0 Å². The van der Waals surface area contributed by atoms with Gasteiger partial charge in [-0.3, -0.25) is 0 Å². The van der Waals surface area contributed by atoms with Crippen LogP contribution in [0.3, 0.4) is 0 Å². The molecule has 0 aliphatic rings. The third-order valence-electron chi connectivity index (χ3n) is 3.68. The van der Waals surface area contributed by atoms with Crippen LogP contribution in [-0.4, -0.2) is 11.7 Å². The van der Waals surface area contributed by atoms with Crippen LogP contribution in [0.5, 0.6) is 5.75 Å². The Hall–Kier alpha value is -2.07. The van der Waals surface area contributed by atoms with Crippen molar-refractivity contribution in [1.82, 2.24) is 5.32 Å². The topological polar surface area (TPSA) is 33.3 Å². The number of hydrogen-bond acceptors (Lipinski definition) is 2. The lowest BCUT2D eigenvalue weighted by Crippen LogP contribution is -2.31. The molecule has 0 spiro atoms. The van der Waals surface area contributed by atoms with E-state index >= 15 is 0 Å². The molecule has 2 aromatic rings. The summed E-state index contributed by atoms with van der Waals surface area (Å²) in [6, 6.07) is 14.5. The highest BCUT2D eigenvalue weighted by Gasteiger charge is 2.08. The van der Waals surface area contributed by atoms with Gasteiger partial charge in [-0.25, -0.2) is 0 Å². The van der Waals surface area contributed by atoms with Crippen molar-refractivity contribution in [3.8, 4) is 5.75 Å². The largest absolute Gasteiger partial charge is 0.494 e. The molecule has 0 amide bonds. The summed E-state index contributed by atoms with van der Waals surface area (Å²) in [7, 11) is 0. The van der Waals surface area contributed by atoms with Gasteiger partial charge in [0.05, 0.1) is 12.6 Å². The fourth-order valence-electron chi connectivity index (χ4n) is 2.33. The summed E-state index contributed by atoms with van der Waals surface area (Å²) < 4.78 is 5.47. The Balaban J connectivity index is 1.97. The Kier molecular flexibility index (Phi) is 5.99. The molecule has 23 heavy (non-hydrogen) atoms. The van der Waals surface area contributed by atoms with Crippen molar-refractivity contribution in [2.24, 2.45) is 0 Å². The number of thiocarbonyl (C=S) groups is 1. The minimum atomic E-state index is 0.121. The van der Waals surface area contributed by atoms with Crippen molar-refractivity contribution >= 4 is 23.0 Å². The van der Waals surface area contributed by atoms with E-state index in [4.69, 9.17) is 17.0 Å². The molecule has 1 unspecified atom stereocenters. The number of rotatable bonds is 5. The molecule has 122 valence electrons. The van der Waals surface area contributed by atoms with Crippen molar-refractivity contribution in [1.29, 1.82) is 0 Å². The smallest absolute Gasteiger partial charge is 0.171 e. The Morgan fingerprint density at radius 2 is 1.83 bits per heavy atom. The molecule has 3 nitrogen and oxygen atoms in total. The maximum absolute atomic E-state index is 5.47. The van der Waals surface area contributed by atoms with Crippen LogP contribution in [0, 0.1) is 13.8 Å². The average molecular weight is 328 g/mol. The first-order valence-corrected chi connectivity index (χ1v) is 8.28. The van der Waals surface area contributed by atoms with Gasteiger partial charge in [0.25, 0.3) is 0 Å². The summed E-state index contributed by atoms with van der Waals surface area (Å²) in [4.78, 5) is 0. The molecule has 0 saturated carbocycles. The molecule has 2 rings (SSSR count). The van der Waals surface area contributed by atoms with Gasteiger partial charge in [-0.15, -0.1) is 0 Å². The van der Waals surface area contributed by atoms with Crippen molar-refractivity contribution in [3.63, 3.8) is 0 Å². The summed E-state index contributed by atoms with van der Waals surface area (Å²) in [5.74, 6) is 0.888. The maximum Gasteiger partial charge on any atom is 0.171 e. The minimum Gasteiger partial charge on any atom is -0.494 e. The molecule has 4 heteroatoms. The highest BCUT2D eigenvalue weighted by Crippen LogP contribution is 2.19. The van der Waals surface area contributed by atoms with E-state index in [2.05, 4.69) is 61.7 Å². The van der Waals surface area contributed by atoms with Crippen LogP contribution in [0.2, 0.25) is 0 Å². The summed E-state index contributed by atoms with van der Waals surface area (Å²) >= 11 is 5.44. The second kappa shape index (κ2) is 7.97. The number of benzene rings is 2. The van der Waals surface area contributed by atoms with Gasteiger partial charge in [-0.1, -0.05) is 24.3 Å². The second-order valence-corrected chi connectivity index (χ2v) is 6.05. The molecule has 1 atom stereocenters. The highest BCUT2D eigenvalue weighted by atomic mass is 32.1. The molecule has 0 aliphatic heterocycles. The predicted molar refractivity (Wildman–Crippen MR) is 101 cm³/mol. The molecule has 0 aromatic heterocycles. The molecule has 2 aromatic carbocycles. The Bertz CT molecular complexity index is 668. The Morgan fingerprint density at radius 3 is 2.48 bits per heavy atom. The summed E-state index contributed by atoms with van der Waals surface area (Å²) in [5, 5.41) is 7.23. The number of ether oxygens (including phenoxy) is 1. The predicted octanol–water partition coefficient (Wildman–Crippen LogP) is 4.75. The van der Waals surface area contributed by atoms with Crippen LogP contribution < -0.4 is 15.4 Å². The van der Waals surface area contributed by atoms with E-state index in [1.165, 1.54) is 16.7 Å². The molecule has 0 fully saturated rings. The van der Waals surface area contributed by atoms with Gasteiger partial charge < -0.3 is 15.4 Å². The van der Waals surface area contributed by atoms with Gasteiger partial charge >= 0.3 is 0 Å². The van der Waals surface area contributed by atoms with Gasteiger partial charge in [0.2, 0.25) is 0 Å². The zero-order valence-electron chi connectivity index (χ0n) is 14.1. The van der Waals surface area contributed by atoms with Crippen molar-refractivity contribution in [2.75, 3.05) is 11.9 Å². The molecule has 0 bridgehead atoms. The number of aryl methyl sites for hydroxylation is 2. The molecule has 0 radical (unpaired) electrons. The van der Waals surface area contributed by atoms with Gasteiger partial charge in [0, 0.05) is 5.69 Å². The van der Waals surface area contributed by atoms with Gasteiger partial charge in [0.15, 0.2) is 5.11 Å². The standard InChI is InChI=1S/C19H24N2OS/c1-5-22-17-10-8-16(9-11-17)15(4)20-19(23)21-18-12-13(2)6-7-14(18)3/h6-12,15H,5H2,1-4H3,(H2,20,21,23). The zero-order chi connectivity index (χ0) is 16.8. The van der Waals surface area contributed by atoms with Crippen LogP contribution in [0.25, 0.3) is 0 Å². The van der Waals surface area contributed by atoms with E-state index in [1.807, 2.05) is 19.1 Å². The lowest BCUT2D eigenvalue weighted by atomic mass is 10.1. The van der Waals surface area contributed by atoms with E-state index in [1.54, 1.807) is 0 Å². The first kappa shape index (κ1) is 17.3. The van der Waals surface area contributed by atoms with Crippen molar-refractivity contribution in [2.45, 2.75) is 33.7 Å². The first-order valence-electron chi connectivity index (χ1n) is 7.87. The summed E-state index contributed by atoms with van der Waals surface area (Å²) in [5.41, 5.74) is 4.59. The minimum absolute atomic E-state index is 0.121. The van der Waals surface area contributed by atoms with Gasteiger partial charge in [-0.05, 0) is 74.8 Å². The van der Waals surface area contributed by atoms with Gasteiger partial charge in [-0.2, -0.15) is 0 Å². The number of anilines is 1. The molecule has 0 aliphatic carbocycles. The number of hydrogen-bond donors (Lipinski definition) is 2. The lowest BCUT2D eigenvalue weighted by Gasteiger charge is -2.19. The van der Waals surface area contributed by atoms with Crippen LogP contribution in [-0.2, 0) is 0 Å². The van der Waals surface area contributed by atoms with Gasteiger partial charge in [0.1, 0.15) is 5.75 Å². The molecule has 0 saturated heterocycles. The van der Waals surface area contributed by atoms with Crippen molar-refractivity contribution in [3.05, 3.63) is 59.2 Å². The van der Waals surface area contributed by atoms with Crippen LogP contribution in [0.1, 0.15) is 36.6 Å². The molecular weight excluding hydrogens is 304 g/mol. The summed E-state index contributed by atoms with van der Waals surface area (Å²) in [6.45, 7) is 8.89. The van der Waals surface area contributed by atoms with Crippen molar-refractivity contribution < 1.29 is 4.74 Å². The van der Waals surface area contributed by atoms with Crippen LogP contribution >= 0.6 is 12.2 Å². The van der Waals surface area contributed by atoms with E-state index in [0.717, 1.165) is 11.4 Å². The molecule has 0 heterocycles. The SMILES string of the molecule is CCOc1ccc(C(C)NC(=S)Nc2cc(C)ccc2C)cc1. The third-order valence-corrected chi connectivity index (χ3v) is 3.90. The second-order valence-electron chi connectivity index (χ2n) is 5.64. The van der Waals surface area contributed by atoms with Crippen LogP contribution in [0.15, 0.2) is 42.5 Å². The quantitative estimate of drug-likeness (QED) is 0.776. The zero-order valence-corrected chi connectivity index (χ0v) is 15.0. The Labute approximate surface area is 144 Å². The first-order chi connectivity index (χ1) is 11.0. The van der Waals surface area contributed by atoms with E-state index in [9.17, 15) is 0 Å².